The summed E-state index contributed by atoms with van der Waals surface area (Å²) in [5.41, 5.74) is 3.38. The van der Waals surface area contributed by atoms with E-state index in [1.807, 2.05) is 23.9 Å². The number of nitrogens with zero attached hydrogens (tertiary/aromatic N) is 2. The number of benzene rings is 1. The summed E-state index contributed by atoms with van der Waals surface area (Å²) >= 11 is 0. The van der Waals surface area contributed by atoms with E-state index in [0.717, 1.165) is 24.4 Å². The molecule has 0 unspecified atom stereocenters. The molecule has 0 saturated carbocycles. The predicted molar refractivity (Wildman–Crippen MR) is 80.9 cm³/mol. The number of rotatable bonds is 8. The Labute approximate surface area is 120 Å². The summed E-state index contributed by atoms with van der Waals surface area (Å²) in [5, 5.41) is 7.56. The zero-order valence-electron chi connectivity index (χ0n) is 11.9. The van der Waals surface area contributed by atoms with Gasteiger partial charge >= 0.3 is 0 Å². The van der Waals surface area contributed by atoms with Crippen LogP contribution in [-0.4, -0.2) is 29.5 Å². The van der Waals surface area contributed by atoms with E-state index in [4.69, 9.17) is 4.74 Å². The van der Waals surface area contributed by atoms with Gasteiger partial charge in [0.15, 0.2) is 0 Å². The van der Waals surface area contributed by atoms with Crippen molar-refractivity contribution in [2.75, 3.05) is 19.8 Å². The molecule has 1 N–H and O–H groups in total. The molecule has 4 nitrogen and oxygen atoms in total. The zero-order chi connectivity index (χ0) is 14.2. The van der Waals surface area contributed by atoms with Crippen molar-refractivity contribution in [2.24, 2.45) is 0 Å². The highest BCUT2D eigenvalue weighted by Crippen LogP contribution is 2.08. The highest BCUT2D eigenvalue weighted by atomic mass is 16.5. The number of nitrogens with one attached hydrogen (secondary N) is 1. The van der Waals surface area contributed by atoms with E-state index in [1.54, 1.807) is 6.20 Å². The van der Waals surface area contributed by atoms with E-state index in [1.165, 1.54) is 5.56 Å². The third-order valence-corrected chi connectivity index (χ3v) is 2.81. The van der Waals surface area contributed by atoms with Gasteiger partial charge < -0.3 is 10.1 Å². The lowest BCUT2D eigenvalue weighted by Crippen LogP contribution is -2.19. The van der Waals surface area contributed by atoms with Gasteiger partial charge in [-0.15, -0.1) is 0 Å². The Bertz CT molecular complexity index is 517. The topological polar surface area (TPSA) is 39.1 Å². The first kappa shape index (κ1) is 14.5. The molecule has 4 heteroatoms. The first-order valence-corrected chi connectivity index (χ1v) is 6.77. The van der Waals surface area contributed by atoms with Crippen molar-refractivity contribution < 1.29 is 4.74 Å². The van der Waals surface area contributed by atoms with Gasteiger partial charge in [0, 0.05) is 25.5 Å². The largest absolute Gasteiger partial charge is 0.376 e. The van der Waals surface area contributed by atoms with Gasteiger partial charge in [-0.25, -0.2) is 4.68 Å². The molecular weight excluding hydrogens is 250 g/mol. The van der Waals surface area contributed by atoms with E-state index in [9.17, 15) is 0 Å². The highest BCUT2D eigenvalue weighted by molar-refractivity contribution is 5.33. The molecule has 0 spiro atoms. The van der Waals surface area contributed by atoms with Crippen molar-refractivity contribution >= 4 is 0 Å². The molecule has 1 aromatic carbocycles. The van der Waals surface area contributed by atoms with Crippen LogP contribution in [0.3, 0.4) is 0 Å². The normalized spacial score (nSPS) is 10.7. The summed E-state index contributed by atoms with van der Waals surface area (Å²) in [6, 6.07) is 10.3. The van der Waals surface area contributed by atoms with Gasteiger partial charge in [-0.3, -0.25) is 0 Å². The first-order chi connectivity index (χ1) is 9.75. The summed E-state index contributed by atoms with van der Waals surface area (Å²) in [6.45, 7) is 8.79. The lowest BCUT2D eigenvalue weighted by atomic mass is 10.2. The van der Waals surface area contributed by atoms with Crippen LogP contribution in [0.15, 0.2) is 54.9 Å². The summed E-state index contributed by atoms with van der Waals surface area (Å²) in [6.07, 6.45) is 3.71. The molecule has 2 aromatic rings. The van der Waals surface area contributed by atoms with Crippen molar-refractivity contribution in [1.82, 2.24) is 15.1 Å². The van der Waals surface area contributed by atoms with Gasteiger partial charge in [-0.1, -0.05) is 24.3 Å². The second kappa shape index (κ2) is 7.62. The van der Waals surface area contributed by atoms with Gasteiger partial charge in [0.05, 0.1) is 18.9 Å². The molecule has 2 rings (SSSR count). The molecule has 1 aromatic heterocycles. The Kier molecular flexibility index (Phi) is 5.53. The van der Waals surface area contributed by atoms with Gasteiger partial charge in [0.1, 0.15) is 0 Å². The quantitative estimate of drug-likeness (QED) is 0.592. The fourth-order valence-electron chi connectivity index (χ4n) is 1.81. The van der Waals surface area contributed by atoms with Crippen LogP contribution < -0.4 is 5.32 Å². The van der Waals surface area contributed by atoms with Crippen molar-refractivity contribution in [3.8, 4) is 5.69 Å². The van der Waals surface area contributed by atoms with Crippen molar-refractivity contribution in [3.05, 3.63) is 60.4 Å². The van der Waals surface area contributed by atoms with Gasteiger partial charge in [0.25, 0.3) is 0 Å². The molecule has 0 saturated heterocycles. The smallest absolute Gasteiger partial charge is 0.0672 e. The Morgan fingerprint density at radius 2 is 2.15 bits per heavy atom. The SMILES string of the molecule is C=C(C)COCCNCc1ccc(-n2cccn2)cc1. The number of hydrogen-bond acceptors (Lipinski definition) is 3. The minimum absolute atomic E-state index is 0.639. The first-order valence-electron chi connectivity index (χ1n) is 6.77. The van der Waals surface area contributed by atoms with Crippen LogP contribution in [0, 0.1) is 0 Å². The molecule has 0 aliphatic carbocycles. The van der Waals surface area contributed by atoms with Crippen LogP contribution in [0.4, 0.5) is 0 Å². The Morgan fingerprint density at radius 1 is 1.35 bits per heavy atom. The van der Waals surface area contributed by atoms with E-state index in [-0.39, 0.29) is 0 Å². The van der Waals surface area contributed by atoms with Crippen LogP contribution in [0.25, 0.3) is 5.69 Å². The summed E-state index contributed by atoms with van der Waals surface area (Å²) in [5.74, 6) is 0. The maximum atomic E-state index is 5.43. The lowest BCUT2D eigenvalue weighted by Gasteiger charge is -2.07. The molecule has 0 atom stereocenters. The highest BCUT2D eigenvalue weighted by Gasteiger charge is 1.97. The van der Waals surface area contributed by atoms with Gasteiger partial charge in [0.2, 0.25) is 0 Å². The van der Waals surface area contributed by atoms with E-state index in [2.05, 4.69) is 41.3 Å². The maximum Gasteiger partial charge on any atom is 0.0672 e. The second-order valence-electron chi connectivity index (χ2n) is 4.80. The van der Waals surface area contributed by atoms with Crippen molar-refractivity contribution in [2.45, 2.75) is 13.5 Å². The summed E-state index contributed by atoms with van der Waals surface area (Å²) in [4.78, 5) is 0. The third-order valence-electron chi connectivity index (χ3n) is 2.81. The molecule has 0 radical (unpaired) electrons. The molecule has 0 fully saturated rings. The molecule has 1 heterocycles. The Morgan fingerprint density at radius 3 is 2.80 bits per heavy atom. The fourth-order valence-corrected chi connectivity index (χ4v) is 1.81. The maximum absolute atomic E-state index is 5.43. The molecule has 0 aliphatic rings. The van der Waals surface area contributed by atoms with Gasteiger partial charge in [-0.2, -0.15) is 5.10 Å². The predicted octanol–water partition coefficient (Wildman–Crippen LogP) is 2.55. The Hall–Kier alpha value is -1.91. The minimum Gasteiger partial charge on any atom is -0.376 e. The lowest BCUT2D eigenvalue weighted by molar-refractivity contribution is 0.158. The number of aromatic nitrogens is 2. The van der Waals surface area contributed by atoms with E-state index < -0.39 is 0 Å². The fraction of sp³-hybridized carbons (Fsp3) is 0.312. The number of ether oxygens (including phenoxy) is 1. The van der Waals surface area contributed by atoms with Crippen LogP contribution in [0.1, 0.15) is 12.5 Å². The monoisotopic (exact) mass is 271 g/mol. The summed E-state index contributed by atoms with van der Waals surface area (Å²) < 4.78 is 7.28. The van der Waals surface area contributed by atoms with Crippen molar-refractivity contribution in [1.29, 1.82) is 0 Å². The average molecular weight is 271 g/mol. The molecule has 0 amide bonds. The average Bonchev–Trinajstić information content (AvgIpc) is 2.97. The summed E-state index contributed by atoms with van der Waals surface area (Å²) in [7, 11) is 0. The second-order valence-corrected chi connectivity index (χ2v) is 4.80. The van der Waals surface area contributed by atoms with Crippen LogP contribution in [0.5, 0.6) is 0 Å². The molecule has 106 valence electrons. The molecule has 0 aliphatic heterocycles. The Balaban J connectivity index is 1.70. The molecule has 20 heavy (non-hydrogen) atoms. The molecule has 0 bridgehead atoms. The third kappa shape index (κ3) is 4.64. The van der Waals surface area contributed by atoms with E-state index in [0.29, 0.717) is 13.2 Å². The van der Waals surface area contributed by atoms with Crippen LogP contribution in [-0.2, 0) is 11.3 Å². The number of hydrogen-bond donors (Lipinski definition) is 1. The minimum atomic E-state index is 0.639. The van der Waals surface area contributed by atoms with Crippen LogP contribution in [0.2, 0.25) is 0 Å². The molecular formula is C16H21N3O. The van der Waals surface area contributed by atoms with E-state index >= 15 is 0 Å². The standard InChI is InChI=1S/C16H21N3O/c1-14(2)13-20-11-9-17-12-15-4-6-16(7-5-15)19-10-3-8-18-19/h3-8,10,17H,1,9,11-13H2,2H3. The van der Waals surface area contributed by atoms with Gasteiger partial charge in [-0.05, 0) is 30.7 Å². The zero-order valence-corrected chi connectivity index (χ0v) is 11.9. The van der Waals surface area contributed by atoms with Crippen LogP contribution >= 0.6 is 0 Å². The van der Waals surface area contributed by atoms with Crippen molar-refractivity contribution in [3.63, 3.8) is 0 Å².